The number of fused-ring (bicyclic) bond motifs is 1. The summed E-state index contributed by atoms with van der Waals surface area (Å²) < 4.78 is 17.7. The Morgan fingerprint density at radius 2 is 2.04 bits per heavy atom. The molecule has 1 fully saturated rings. The van der Waals surface area contributed by atoms with Crippen LogP contribution in [0.1, 0.15) is 51.6 Å². The lowest BCUT2D eigenvalue weighted by Crippen LogP contribution is -2.50. The van der Waals surface area contributed by atoms with E-state index in [4.69, 9.17) is 9.72 Å². The van der Waals surface area contributed by atoms with Gasteiger partial charge in [0.15, 0.2) is 0 Å². The van der Waals surface area contributed by atoms with Gasteiger partial charge in [-0.05, 0) is 19.3 Å². The molecule has 25 heavy (non-hydrogen) atoms. The second-order valence-electron chi connectivity index (χ2n) is 7.81. The average molecular weight is 366 g/mol. The monoisotopic (exact) mass is 366 g/mol. The summed E-state index contributed by atoms with van der Waals surface area (Å²) in [6, 6.07) is 0. The standard InChI is InChI=1S/C17H26N4O3S/c1-16(2,3)14-19-11-6-9-25(23)12(11)13(20-14)21-17(7-5-8-17)10-24-15(22)18-4/h5-10H2,1-4H3,(H,18,22)(H,19,20,21). The SMILES string of the molecule is CNC(=O)OCC1(Nc2nc(C(C)(C)C)nc3c2S(=O)CC3)CCC1. The first-order valence-electron chi connectivity index (χ1n) is 8.67. The van der Waals surface area contributed by atoms with Gasteiger partial charge in [-0.1, -0.05) is 20.8 Å². The molecule has 1 amide bonds. The van der Waals surface area contributed by atoms with Crippen LogP contribution in [-0.2, 0) is 27.4 Å². The lowest BCUT2D eigenvalue weighted by Gasteiger charge is -2.42. The maximum absolute atomic E-state index is 12.4. The average Bonchev–Trinajstić information content (AvgIpc) is 2.90. The van der Waals surface area contributed by atoms with Gasteiger partial charge in [-0.3, -0.25) is 4.21 Å². The van der Waals surface area contributed by atoms with Crippen molar-refractivity contribution >= 4 is 22.7 Å². The number of nitrogens with zero attached hydrogens (tertiary/aromatic N) is 2. The third-order valence-corrected chi connectivity index (χ3v) is 6.20. The molecule has 0 saturated heterocycles. The molecule has 8 heteroatoms. The topological polar surface area (TPSA) is 93.2 Å². The van der Waals surface area contributed by atoms with Crippen molar-refractivity contribution in [3.63, 3.8) is 0 Å². The number of ether oxygens (including phenoxy) is 1. The number of aromatic nitrogens is 2. The summed E-state index contributed by atoms with van der Waals surface area (Å²) in [5.41, 5.74) is 0.347. The first-order valence-corrected chi connectivity index (χ1v) is 9.98. The van der Waals surface area contributed by atoms with Crippen molar-refractivity contribution in [1.29, 1.82) is 0 Å². The van der Waals surface area contributed by atoms with Crippen molar-refractivity contribution in [2.45, 2.75) is 62.3 Å². The van der Waals surface area contributed by atoms with Gasteiger partial charge in [-0.15, -0.1) is 0 Å². The fourth-order valence-electron chi connectivity index (χ4n) is 3.05. The lowest BCUT2D eigenvalue weighted by molar-refractivity contribution is 0.0959. The van der Waals surface area contributed by atoms with E-state index >= 15 is 0 Å². The fraction of sp³-hybridized carbons (Fsp3) is 0.706. The number of amides is 1. The van der Waals surface area contributed by atoms with Crippen molar-refractivity contribution < 1.29 is 13.7 Å². The molecule has 1 aromatic rings. The largest absolute Gasteiger partial charge is 0.447 e. The van der Waals surface area contributed by atoms with Crippen molar-refractivity contribution in [3.05, 3.63) is 11.5 Å². The van der Waals surface area contributed by atoms with Crippen LogP contribution in [0.5, 0.6) is 0 Å². The third kappa shape index (κ3) is 3.63. The number of carbonyl (C=O) groups excluding carboxylic acids is 1. The molecule has 1 aliphatic carbocycles. The summed E-state index contributed by atoms with van der Waals surface area (Å²) in [4.78, 5) is 21.5. The van der Waals surface area contributed by atoms with Crippen molar-refractivity contribution in [2.24, 2.45) is 0 Å². The molecule has 1 unspecified atom stereocenters. The minimum atomic E-state index is -1.08. The second-order valence-corrected chi connectivity index (χ2v) is 9.31. The Labute approximate surface area is 150 Å². The van der Waals surface area contributed by atoms with Gasteiger partial charge in [0.1, 0.15) is 23.1 Å². The van der Waals surface area contributed by atoms with Crippen LogP contribution < -0.4 is 10.6 Å². The summed E-state index contributed by atoms with van der Waals surface area (Å²) in [5.74, 6) is 1.98. The third-order valence-electron chi connectivity index (χ3n) is 4.74. The van der Waals surface area contributed by atoms with Crippen LogP contribution in [0.4, 0.5) is 10.6 Å². The fourth-order valence-corrected chi connectivity index (χ4v) is 4.36. The molecule has 7 nitrogen and oxygen atoms in total. The van der Waals surface area contributed by atoms with Crippen LogP contribution in [0.25, 0.3) is 0 Å². The van der Waals surface area contributed by atoms with Crippen LogP contribution in [0.15, 0.2) is 4.90 Å². The molecule has 138 valence electrons. The molecule has 0 spiro atoms. The number of hydrogen-bond donors (Lipinski definition) is 2. The maximum atomic E-state index is 12.4. The molecule has 2 aliphatic rings. The molecule has 1 aromatic heterocycles. The zero-order valence-corrected chi connectivity index (χ0v) is 16.1. The van der Waals surface area contributed by atoms with E-state index in [1.807, 2.05) is 0 Å². The number of alkyl carbamates (subject to hydrolysis) is 1. The van der Waals surface area contributed by atoms with Gasteiger partial charge in [-0.25, -0.2) is 14.8 Å². The summed E-state index contributed by atoms with van der Waals surface area (Å²) in [6.07, 6.45) is 3.11. The van der Waals surface area contributed by atoms with Crippen LogP contribution in [0, 0.1) is 0 Å². The van der Waals surface area contributed by atoms with Crippen molar-refractivity contribution in [1.82, 2.24) is 15.3 Å². The van der Waals surface area contributed by atoms with Crippen LogP contribution in [-0.4, -0.2) is 45.2 Å². The molecule has 0 aromatic carbocycles. The molecule has 2 N–H and O–H groups in total. The van der Waals surface area contributed by atoms with Gasteiger partial charge in [0.2, 0.25) is 0 Å². The van der Waals surface area contributed by atoms with Crippen molar-refractivity contribution in [3.8, 4) is 0 Å². The Kier molecular flexibility index (Phi) is 4.74. The van der Waals surface area contributed by atoms with Gasteiger partial charge in [-0.2, -0.15) is 0 Å². The summed E-state index contributed by atoms with van der Waals surface area (Å²) >= 11 is 0. The van der Waals surface area contributed by atoms with E-state index in [1.54, 1.807) is 7.05 Å². The molecular weight excluding hydrogens is 340 g/mol. The van der Waals surface area contributed by atoms with E-state index in [2.05, 4.69) is 36.4 Å². The highest BCUT2D eigenvalue weighted by Crippen LogP contribution is 2.39. The maximum Gasteiger partial charge on any atom is 0.406 e. The van der Waals surface area contributed by atoms with E-state index in [0.717, 1.165) is 35.7 Å². The summed E-state index contributed by atoms with van der Waals surface area (Å²) in [6.45, 7) is 6.47. The van der Waals surface area contributed by atoms with Crippen LogP contribution >= 0.6 is 0 Å². The summed E-state index contributed by atoms with van der Waals surface area (Å²) in [5, 5.41) is 5.93. The Morgan fingerprint density at radius 1 is 1.32 bits per heavy atom. The highest BCUT2D eigenvalue weighted by Gasteiger charge is 2.41. The lowest BCUT2D eigenvalue weighted by atomic mass is 9.77. The number of nitrogens with one attached hydrogen (secondary N) is 2. The second kappa shape index (κ2) is 6.55. The molecule has 1 aliphatic heterocycles. The first kappa shape index (κ1) is 18.1. The number of aryl methyl sites for hydroxylation is 1. The van der Waals surface area contributed by atoms with E-state index < -0.39 is 16.9 Å². The van der Waals surface area contributed by atoms with E-state index in [1.165, 1.54) is 0 Å². The van der Waals surface area contributed by atoms with E-state index in [-0.39, 0.29) is 17.6 Å². The molecular formula is C17H26N4O3S. The Morgan fingerprint density at radius 3 is 2.60 bits per heavy atom. The zero-order chi connectivity index (χ0) is 18.2. The first-order chi connectivity index (χ1) is 11.7. The van der Waals surface area contributed by atoms with Gasteiger partial charge >= 0.3 is 6.09 Å². The predicted octanol–water partition coefficient (Wildman–Crippen LogP) is 2.13. The number of carbonyl (C=O) groups is 1. The van der Waals surface area contributed by atoms with Crippen LogP contribution in [0.3, 0.4) is 0 Å². The molecule has 0 bridgehead atoms. The number of hydrogen-bond acceptors (Lipinski definition) is 6. The van der Waals surface area contributed by atoms with Gasteiger partial charge in [0.25, 0.3) is 0 Å². The molecule has 1 saturated carbocycles. The Hall–Kier alpha value is -1.70. The highest BCUT2D eigenvalue weighted by atomic mass is 32.2. The molecule has 0 radical (unpaired) electrons. The normalized spacial score (nSPS) is 21.2. The van der Waals surface area contributed by atoms with E-state index in [0.29, 0.717) is 18.0 Å². The van der Waals surface area contributed by atoms with Crippen LogP contribution in [0.2, 0.25) is 0 Å². The van der Waals surface area contributed by atoms with Gasteiger partial charge in [0, 0.05) is 24.6 Å². The van der Waals surface area contributed by atoms with Crippen molar-refractivity contribution in [2.75, 3.05) is 24.7 Å². The molecule has 3 rings (SSSR count). The quantitative estimate of drug-likeness (QED) is 0.848. The Bertz CT molecular complexity index is 711. The number of rotatable bonds is 4. The smallest absolute Gasteiger partial charge is 0.406 e. The number of anilines is 1. The minimum absolute atomic E-state index is 0.194. The predicted molar refractivity (Wildman–Crippen MR) is 96.3 cm³/mol. The summed E-state index contributed by atoms with van der Waals surface area (Å²) in [7, 11) is 0.462. The highest BCUT2D eigenvalue weighted by molar-refractivity contribution is 7.85. The zero-order valence-electron chi connectivity index (χ0n) is 15.3. The Balaban J connectivity index is 1.92. The molecule has 2 heterocycles. The van der Waals surface area contributed by atoms with E-state index in [9.17, 15) is 9.00 Å². The minimum Gasteiger partial charge on any atom is -0.447 e. The molecule has 1 atom stereocenters. The van der Waals surface area contributed by atoms with Gasteiger partial charge < -0.3 is 15.4 Å². The van der Waals surface area contributed by atoms with Gasteiger partial charge in [0.05, 0.1) is 22.0 Å².